The number of rotatable bonds is 8. The predicted octanol–water partition coefficient (Wildman–Crippen LogP) is 6.33. The number of nitrogens with one attached hydrogen (secondary N) is 1. The highest BCUT2D eigenvalue weighted by Gasteiger charge is 2.14. The average Bonchev–Trinajstić information content (AvgIpc) is 2.91. The lowest BCUT2D eigenvalue weighted by Gasteiger charge is -2.18. The molecule has 176 valence electrons. The molecule has 0 aliphatic rings. The van der Waals surface area contributed by atoms with Crippen LogP contribution in [-0.2, 0) is 19.4 Å². The van der Waals surface area contributed by atoms with Crippen molar-refractivity contribution in [3.8, 4) is 0 Å². The first kappa shape index (κ1) is 24.2. The van der Waals surface area contributed by atoms with E-state index in [1.165, 1.54) is 0 Å². The number of carbonyl (C=O) groups excluding carboxylic acids is 2. The molecule has 2 amide bonds. The number of benzene rings is 4. The Morgan fingerprint density at radius 3 is 1.94 bits per heavy atom. The number of halogens is 1. The highest BCUT2D eigenvalue weighted by molar-refractivity contribution is 6.30. The molecule has 0 unspecified atom stereocenters. The number of hydrogen-bond acceptors (Lipinski definition) is 2. The SMILES string of the molecule is CN(C(=O)c1cccc(CCc2cccc(C(=O)NCc3ccccc3)c2)c1)c1ccc(Cl)cc1. The first-order valence-corrected chi connectivity index (χ1v) is 11.9. The minimum absolute atomic E-state index is 0.0775. The van der Waals surface area contributed by atoms with Crippen molar-refractivity contribution < 1.29 is 9.59 Å². The van der Waals surface area contributed by atoms with Crippen LogP contribution in [0.15, 0.2) is 103 Å². The van der Waals surface area contributed by atoms with Crippen LogP contribution in [0.5, 0.6) is 0 Å². The Bertz CT molecular complexity index is 1300. The van der Waals surface area contributed by atoms with Gasteiger partial charge in [0.05, 0.1) is 0 Å². The Balaban J connectivity index is 1.37. The molecule has 4 nitrogen and oxygen atoms in total. The Hall–Kier alpha value is -3.89. The second-order valence-electron chi connectivity index (χ2n) is 8.41. The number of amides is 2. The number of nitrogens with zero attached hydrogens (tertiary/aromatic N) is 1. The third-order valence-corrected chi connectivity index (χ3v) is 6.13. The number of hydrogen-bond donors (Lipinski definition) is 1. The fourth-order valence-electron chi connectivity index (χ4n) is 3.87. The van der Waals surface area contributed by atoms with Crippen LogP contribution in [0.25, 0.3) is 0 Å². The largest absolute Gasteiger partial charge is 0.348 e. The van der Waals surface area contributed by atoms with E-state index in [2.05, 4.69) is 5.32 Å². The maximum absolute atomic E-state index is 13.0. The first-order valence-electron chi connectivity index (χ1n) is 11.5. The Labute approximate surface area is 211 Å². The minimum atomic E-state index is -0.0893. The summed E-state index contributed by atoms with van der Waals surface area (Å²) in [7, 11) is 1.76. The molecule has 4 aromatic rings. The lowest BCUT2D eigenvalue weighted by Crippen LogP contribution is -2.26. The van der Waals surface area contributed by atoms with E-state index in [-0.39, 0.29) is 11.8 Å². The molecule has 0 spiro atoms. The van der Waals surface area contributed by atoms with Crippen LogP contribution in [0.4, 0.5) is 5.69 Å². The second-order valence-corrected chi connectivity index (χ2v) is 8.85. The fourth-order valence-corrected chi connectivity index (χ4v) is 4.00. The van der Waals surface area contributed by atoms with Crippen molar-refractivity contribution in [2.45, 2.75) is 19.4 Å². The molecule has 0 saturated carbocycles. The molecule has 0 radical (unpaired) electrons. The Morgan fingerprint density at radius 2 is 1.29 bits per heavy atom. The minimum Gasteiger partial charge on any atom is -0.348 e. The van der Waals surface area contributed by atoms with Gasteiger partial charge in [-0.3, -0.25) is 9.59 Å². The van der Waals surface area contributed by atoms with E-state index in [1.54, 1.807) is 24.1 Å². The average molecular weight is 483 g/mol. The zero-order valence-corrected chi connectivity index (χ0v) is 20.3. The van der Waals surface area contributed by atoms with Gasteiger partial charge in [-0.05, 0) is 78.1 Å². The molecule has 0 saturated heterocycles. The predicted molar refractivity (Wildman–Crippen MR) is 142 cm³/mol. The van der Waals surface area contributed by atoms with Crippen LogP contribution in [0.3, 0.4) is 0 Å². The highest BCUT2D eigenvalue weighted by atomic mass is 35.5. The van der Waals surface area contributed by atoms with Crippen molar-refractivity contribution in [3.05, 3.63) is 136 Å². The van der Waals surface area contributed by atoms with Gasteiger partial charge in [0.2, 0.25) is 0 Å². The second kappa shape index (κ2) is 11.5. The van der Waals surface area contributed by atoms with E-state index in [0.717, 1.165) is 35.2 Å². The van der Waals surface area contributed by atoms with Gasteiger partial charge >= 0.3 is 0 Å². The number of aryl methyl sites for hydroxylation is 2. The molecule has 5 heteroatoms. The van der Waals surface area contributed by atoms with Crippen molar-refractivity contribution in [2.24, 2.45) is 0 Å². The van der Waals surface area contributed by atoms with Gasteiger partial charge in [0.1, 0.15) is 0 Å². The maximum Gasteiger partial charge on any atom is 0.258 e. The van der Waals surface area contributed by atoms with Gasteiger partial charge in [-0.15, -0.1) is 0 Å². The van der Waals surface area contributed by atoms with Gasteiger partial charge < -0.3 is 10.2 Å². The summed E-state index contributed by atoms with van der Waals surface area (Å²) in [6.45, 7) is 0.495. The summed E-state index contributed by atoms with van der Waals surface area (Å²) in [6, 6.07) is 32.4. The topological polar surface area (TPSA) is 49.4 Å². The summed E-state index contributed by atoms with van der Waals surface area (Å²) in [5.41, 5.74) is 5.27. The standard InChI is InChI=1S/C30H27ClN2O2/c1-33(28-17-15-27(31)16-18-28)30(35)26-12-6-10-23(20-26)14-13-22-9-5-11-25(19-22)29(34)32-21-24-7-3-2-4-8-24/h2-12,15-20H,13-14,21H2,1H3,(H,32,34). The van der Waals surface area contributed by atoms with Crippen molar-refractivity contribution in [3.63, 3.8) is 0 Å². The molecule has 0 heterocycles. The van der Waals surface area contributed by atoms with Crippen LogP contribution in [0.2, 0.25) is 5.02 Å². The van der Waals surface area contributed by atoms with Crippen LogP contribution in [0.1, 0.15) is 37.4 Å². The van der Waals surface area contributed by atoms with Crippen LogP contribution in [-0.4, -0.2) is 18.9 Å². The Morgan fingerprint density at radius 1 is 0.714 bits per heavy atom. The molecular weight excluding hydrogens is 456 g/mol. The van der Waals surface area contributed by atoms with E-state index in [0.29, 0.717) is 22.7 Å². The number of anilines is 1. The molecule has 0 aliphatic heterocycles. The lowest BCUT2D eigenvalue weighted by molar-refractivity contribution is 0.0949. The van der Waals surface area contributed by atoms with Gasteiger partial charge in [-0.1, -0.05) is 66.2 Å². The molecule has 0 aliphatic carbocycles. The molecule has 0 atom stereocenters. The summed E-state index contributed by atoms with van der Waals surface area (Å²) in [6.07, 6.45) is 1.53. The van der Waals surface area contributed by atoms with Gasteiger partial charge in [0.25, 0.3) is 11.8 Å². The summed E-state index contributed by atoms with van der Waals surface area (Å²) in [5, 5.41) is 3.61. The normalized spacial score (nSPS) is 10.6. The van der Waals surface area contributed by atoms with Gasteiger partial charge in [-0.2, -0.15) is 0 Å². The van der Waals surface area contributed by atoms with E-state index in [4.69, 9.17) is 11.6 Å². The molecule has 35 heavy (non-hydrogen) atoms. The van der Waals surface area contributed by atoms with Crippen molar-refractivity contribution in [1.29, 1.82) is 0 Å². The monoisotopic (exact) mass is 482 g/mol. The smallest absolute Gasteiger partial charge is 0.258 e. The zero-order valence-electron chi connectivity index (χ0n) is 19.6. The molecule has 0 fully saturated rings. The Kier molecular flexibility index (Phi) is 7.96. The van der Waals surface area contributed by atoms with E-state index in [1.807, 2.05) is 91.0 Å². The number of carbonyl (C=O) groups is 2. The van der Waals surface area contributed by atoms with Crippen molar-refractivity contribution in [2.75, 3.05) is 11.9 Å². The molecule has 0 bridgehead atoms. The third kappa shape index (κ3) is 6.58. The zero-order chi connectivity index (χ0) is 24.6. The summed E-state index contributed by atoms with van der Waals surface area (Å²) in [4.78, 5) is 27.2. The van der Waals surface area contributed by atoms with Gasteiger partial charge in [0.15, 0.2) is 0 Å². The quantitative estimate of drug-likeness (QED) is 0.319. The molecule has 4 aromatic carbocycles. The third-order valence-electron chi connectivity index (χ3n) is 5.88. The summed E-state index contributed by atoms with van der Waals surface area (Å²) in [5.74, 6) is -0.167. The molecule has 0 aromatic heterocycles. The van der Waals surface area contributed by atoms with Crippen LogP contribution in [0, 0.1) is 0 Å². The molecule has 1 N–H and O–H groups in total. The van der Waals surface area contributed by atoms with Crippen molar-refractivity contribution >= 4 is 29.1 Å². The van der Waals surface area contributed by atoms with E-state index >= 15 is 0 Å². The fraction of sp³-hybridized carbons (Fsp3) is 0.133. The maximum atomic E-state index is 13.0. The summed E-state index contributed by atoms with van der Waals surface area (Å²) >= 11 is 5.96. The van der Waals surface area contributed by atoms with Crippen molar-refractivity contribution in [1.82, 2.24) is 5.32 Å². The molecule has 4 rings (SSSR count). The molecular formula is C30H27ClN2O2. The van der Waals surface area contributed by atoms with Crippen LogP contribution >= 0.6 is 11.6 Å². The van der Waals surface area contributed by atoms with Gasteiger partial charge in [0, 0.05) is 35.4 Å². The van der Waals surface area contributed by atoms with Gasteiger partial charge in [-0.25, -0.2) is 0 Å². The van der Waals surface area contributed by atoms with Crippen LogP contribution < -0.4 is 10.2 Å². The first-order chi connectivity index (χ1) is 17.0. The van der Waals surface area contributed by atoms with E-state index < -0.39 is 0 Å². The van der Waals surface area contributed by atoms with E-state index in [9.17, 15) is 9.59 Å². The highest BCUT2D eigenvalue weighted by Crippen LogP contribution is 2.20. The summed E-state index contributed by atoms with van der Waals surface area (Å²) < 4.78 is 0. The lowest BCUT2D eigenvalue weighted by atomic mass is 10.0.